The lowest BCUT2D eigenvalue weighted by Crippen LogP contribution is -2.30. The van der Waals surface area contributed by atoms with Gasteiger partial charge in [0, 0.05) is 44.3 Å². The maximum absolute atomic E-state index is 13.5. The van der Waals surface area contributed by atoms with Crippen molar-refractivity contribution in [2.45, 2.75) is 30.8 Å². The fourth-order valence-corrected chi connectivity index (χ4v) is 5.13. The monoisotopic (exact) mass is 487 g/mol. The predicted octanol–water partition coefficient (Wildman–Crippen LogP) is 4.55. The highest BCUT2D eigenvalue weighted by Gasteiger charge is 2.25. The zero-order valence-electron chi connectivity index (χ0n) is 19.0. The SMILES string of the molecule is O=C(O)CCc1cccc(CN(Cc2ccc(-c3cccnc3)cc2)S(=O)(=O)c2cccnc2)c1. The number of sulfonamides is 1. The van der Waals surface area contributed by atoms with E-state index in [1.54, 1.807) is 18.5 Å². The van der Waals surface area contributed by atoms with E-state index in [1.165, 1.54) is 22.8 Å². The second-order valence-corrected chi connectivity index (χ2v) is 10.1. The summed E-state index contributed by atoms with van der Waals surface area (Å²) in [5.41, 5.74) is 4.45. The third-order valence-electron chi connectivity index (χ3n) is 5.56. The van der Waals surface area contributed by atoms with Crippen LogP contribution in [-0.2, 0) is 34.3 Å². The van der Waals surface area contributed by atoms with Gasteiger partial charge in [0.25, 0.3) is 0 Å². The van der Waals surface area contributed by atoms with Gasteiger partial charge in [0.05, 0.1) is 0 Å². The summed E-state index contributed by atoms with van der Waals surface area (Å²) in [5, 5.41) is 8.98. The van der Waals surface area contributed by atoms with E-state index in [0.717, 1.165) is 27.8 Å². The molecule has 4 rings (SSSR count). The molecule has 0 amide bonds. The Labute approximate surface area is 204 Å². The number of pyridine rings is 2. The number of aryl methyl sites for hydroxylation is 1. The smallest absolute Gasteiger partial charge is 0.303 e. The summed E-state index contributed by atoms with van der Waals surface area (Å²) < 4.78 is 28.5. The van der Waals surface area contributed by atoms with Crippen molar-refractivity contribution in [2.24, 2.45) is 0 Å². The Morgan fingerprint density at radius 3 is 2.11 bits per heavy atom. The van der Waals surface area contributed by atoms with Crippen LogP contribution in [0, 0.1) is 0 Å². The lowest BCUT2D eigenvalue weighted by atomic mass is 10.1. The Bertz CT molecular complexity index is 1380. The summed E-state index contributed by atoms with van der Waals surface area (Å²) >= 11 is 0. The molecular weight excluding hydrogens is 462 g/mol. The summed E-state index contributed by atoms with van der Waals surface area (Å²) in [7, 11) is -3.83. The molecule has 0 atom stereocenters. The third-order valence-corrected chi connectivity index (χ3v) is 7.33. The average molecular weight is 488 g/mol. The van der Waals surface area contributed by atoms with E-state index in [2.05, 4.69) is 9.97 Å². The quantitative estimate of drug-likeness (QED) is 0.352. The van der Waals surface area contributed by atoms with E-state index in [9.17, 15) is 13.2 Å². The molecule has 1 N–H and O–H groups in total. The number of aliphatic carboxylic acids is 1. The number of carboxylic acids is 1. The van der Waals surface area contributed by atoms with E-state index in [1.807, 2.05) is 60.7 Å². The van der Waals surface area contributed by atoms with Gasteiger partial charge in [-0.25, -0.2) is 8.42 Å². The number of hydrogen-bond acceptors (Lipinski definition) is 5. The van der Waals surface area contributed by atoms with Crippen LogP contribution in [0.5, 0.6) is 0 Å². The highest BCUT2D eigenvalue weighted by atomic mass is 32.2. The molecule has 35 heavy (non-hydrogen) atoms. The first-order valence-electron chi connectivity index (χ1n) is 11.1. The number of nitrogens with zero attached hydrogens (tertiary/aromatic N) is 3. The first-order valence-corrected chi connectivity index (χ1v) is 12.5. The van der Waals surface area contributed by atoms with Crippen LogP contribution in [-0.4, -0.2) is 33.8 Å². The van der Waals surface area contributed by atoms with Gasteiger partial charge in [-0.3, -0.25) is 14.8 Å². The minimum atomic E-state index is -3.83. The molecule has 0 unspecified atom stereocenters. The Hall–Kier alpha value is -3.88. The predicted molar refractivity (Wildman–Crippen MR) is 133 cm³/mol. The van der Waals surface area contributed by atoms with Crippen molar-refractivity contribution in [1.29, 1.82) is 0 Å². The molecule has 2 aromatic heterocycles. The van der Waals surface area contributed by atoms with Gasteiger partial charge in [-0.2, -0.15) is 4.31 Å². The van der Waals surface area contributed by atoms with Gasteiger partial charge < -0.3 is 5.11 Å². The van der Waals surface area contributed by atoms with Gasteiger partial charge in [-0.15, -0.1) is 0 Å². The summed E-state index contributed by atoms with van der Waals surface area (Å²) in [6.07, 6.45) is 6.78. The Morgan fingerprint density at radius 1 is 0.771 bits per heavy atom. The van der Waals surface area contributed by atoms with Crippen LogP contribution in [0.1, 0.15) is 23.1 Å². The van der Waals surface area contributed by atoms with Crippen LogP contribution < -0.4 is 0 Å². The summed E-state index contributed by atoms with van der Waals surface area (Å²) in [4.78, 5) is 19.2. The van der Waals surface area contributed by atoms with Crippen LogP contribution >= 0.6 is 0 Å². The topological polar surface area (TPSA) is 100 Å². The fourth-order valence-electron chi connectivity index (χ4n) is 3.75. The molecule has 2 heterocycles. The van der Waals surface area contributed by atoms with Crippen LogP contribution in [0.3, 0.4) is 0 Å². The van der Waals surface area contributed by atoms with E-state index < -0.39 is 16.0 Å². The number of aromatic nitrogens is 2. The van der Waals surface area contributed by atoms with Crippen LogP contribution in [0.4, 0.5) is 0 Å². The summed E-state index contributed by atoms with van der Waals surface area (Å²) in [6, 6.07) is 22.1. The van der Waals surface area contributed by atoms with E-state index in [-0.39, 0.29) is 24.4 Å². The standard InChI is InChI=1S/C27H25N3O4S/c31-27(32)13-10-21-4-1-5-23(16-21)20-30(35(33,34)26-7-3-15-29-18-26)19-22-8-11-24(12-9-22)25-6-2-14-28-17-25/h1-9,11-12,14-18H,10,13,19-20H2,(H,31,32). The molecule has 0 aliphatic carbocycles. The normalized spacial score (nSPS) is 11.5. The Balaban J connectivity index is 1.61. The zero-order chi connectivity index (χ0) is 24.7. The molecule has 178 valence electrons. The Kier molecular flexibility index (Phi) is 7.64. The molecule has 0 radical (unpaired) electrons. The van der Waals surface area contributed by atoms with Gasteiger partial charge in [0.2, 0.25) is 10.0 Å². The molecule has 0 saturated carbocycles. The lowest BCUT2D eigenvalue weighted by molar-refractivity contribution is -0.136. The Morgan fingerprint density at radius 2 is 1.46 bits per heavy atom. The molecule has 2 aromatic carbocycles. The van der Waals surface area contributed by atoms with Crippen molar-refractivity contribution >= 4 is 16.0 Å². The van der Waals surface area contributed by atoms with Crippen LogP contribution in [0.25, 0.3) is 11.1 Å². The maximum atomic E-state index is 13.5. The van der Waals surface area contributed by atoms with Crippen molar-refractivity contribution in [3.63, 3.8) is 0 Å². The molecule has 0 aliphatic heterocycles. The number of benzene rings is 2. The number of rotatable bonds is 10. The molecular formula is C27H25N3O4S. The maximum Gasteiger partial charge on any atom is 0.303 e. The molecule has 0 spiro atoms. The zero-order valence-corrected chi connectivity index (χ0v) is 19.8. The van der Waals surface area contributed by atoms with Crippen molar-refractivity contribution in [3.05, 3.63) is 114 Å². The molecule has 0 bridgehead atoms. The number of carbonyl (C=O) groups is 1. The fraction of sp³-hybridized carbons (Fsp3) is 0.148. The van der Waals surface area contributed by atoms with E-state index in [4.69, 9.17) is 5.11 Å². The van der Waals surface area contributed by atoms with Crippen molar-refractivity contribution in [3.8, 4) is 11.1 Å². The number of hydrogen-bond donors (Lipinski definition) is 1. The summed E-state index contributed by atoms with van der Waals surface area (Å²) in [6.45, 7) is 0.312. The van der Waals surface area contributed by atoms with Gasteiger partial charge >= 0.3 is 5.97 Å². The summed E-state index contributed by atoms with van der Waals surface area (Å²) in [5.74, 6) is -0.870. The lowest BCUT2D eigenvalue weighted by Gasteiger charge is -2.23. The first kappa shape index (κ1) is 24.3. The molecule has 0 aliphatic rings. The van der Waals surface area contributed by atoms with Crippen molar-refractivity contribution < 1.29 is 18.3 Å². The number of carboxylic acid groups (broad SMARTS) is 1. The largest absolute Gasteiger partial charge is 0.481 e. The van der Waals surface area contributed by atoms with Gasteiger partial charge in [0.15, 0.2) is 0 Å². The molecule has 0 saturated heterocycles. The third kappa shape index (κ3) is 6.38. The van der Waals surface area contributed by atoms with E-state index >= 15 is 0 Å². The van der Waals surface area contributed by atoms with Crippen molar-refractivity contribution in [2.75, 3.05) is 0 Å². The molecule has 0 fully saturated rings. The second kappa shape index (κ2) is 11.0. The van der Waals surface area contributed by atoms with Crippen molar-refractivity contribution in [1.82, 2.24) is 14.3 Å². The molecule has 8 heteroatoms. The highest BCUT2D eigenvalue weighted by molar-refractivity contribution is 7.89. The first-order chi connectivity index (χ1) is 16.9. The van der Waals surface area contributed by atoms with E-state index in [0.29, 0.717) is 6.42 Å². The average Bonchev–Trinajstić information content (AvgIpc) is 2.89. The van der Waals surface area contributed by atoms with Gasteiger partial charge in [-0.1, -0.05) is 54.6 Å². The van der Waals surface area contributed by atoms with Gasteiger partial charge in [0.1, 0.15) is 4.90 Å². The molecule has 4 aromatic rings. The molecule has 7 nitrogen and oxygen atoms in total. The highest BCUT2D eigenvalue weighted by Crippen LogP contribution is 2.23. The van der Waals surface area contributed by atoms with Gasteiger partial charge in [-0.05, 0) is 52.4 Å². The van der Waals surface area contributed by atoms with Crippen LogP contribution in [0.2, 0.25) is 0 Å². The minimum Gasteiger partial charge on any atom is -0.481 e. The second-order valence-electron chi connectivity index (χ2n) is 8.11. The van der Waals surface area contributed by atoms with Crippen LogP contribution in [0.15, 0.2) is 102 Å². The minimum absolute atomic E-state index is 0.0183.